The molecule has 6 heteroatoms. The standard InChI is InChI=1S/C88H80N5.Pt/c1-57-43-59(3)84(60(4)44-57)65-49-71(90-56-91(81-36-26-25-35-80(81)90)85-76(61-27-17-14-18-28-61)45-58(2)46-77(85)62-29-19-15-20-30-62)54-72(50-65)92(69-31-21-16-22-32-69)70-38-39-75-73-33-23-24-34-74(73)78-51-63(64-47-67(87(8,9)10)52-68(48-64)88(11,12)13)37-40-79(78)93(82(75)55-70)83-53-66(41-42-89-83)86(5,6)7;/h14-53,56H,1-13H3;/q-3;/i2D3,14D,15D,17D,18D,19D,20D,27D,28D,29D,30D;. The Morgan fingerprint density at radius 3 is 1.64 bits per heavy atom. The van der Waals surface area contributed by atoms with Gasteiger partial charge in [-0.2, -0.15) is 6.07 Å². The average molecular weight is 1420 g/mol. The number of para-hydroxylation sites is 3. The molecule has 0 saturated heterocycles. The fourth-order valence-corrected chi connectivity index (χ4v) is 13.2. The number of benzene rings is 11. The Labute approximate surface area is 590 Å². The summed E-state index contributed by atoms with van der Waals surface area (Å²) < 4.78 is 118. The number of hydrogen-bond donors (Lipinski definition) is 0. The summed E-state index contributed by atoms with van der Waals surface area (Å²) in [5.41, 5.74) is 17.9. The molecule has 2 aliphatic heterocycles. The number of anilines is 10. The summed E-state index contributed by atoms with van der Waals surface area (Å²) >= 11 is 0. The molecule has 0 fully saturated rings. The van der Waals surface area contributed by atoms with Crippen LogP contribution in [0, 0.1) is 46.4 Å². The Balaban J connectivity index is 0.0000101. The molecular weight excluding hydrogens is 1320 g/mol. The molecule has 0 atom stereocenters. The Morgan fingerprint density at radius 2 is 1.03 bits per heavy atom. The van der Waals surface area contributed by atoms with Crippen molar-refractivity contribution in [2.24, 2.45) is 0 Å². The van der Waals surface area contributed by atoms with Gasteiger partial charge in [-0.15, -0.1) is 53.8 Å². The summed E-state index contributed by atoms with van der Waals surface area (Å²) in [6, 6.07) is 60.5. The van der Waals surface area contributed by atoms with Crippen molar-refractivity contribution in [1.82, 2.24) is 4.98 Å². The number of fused-ring (bicyclic) bond motifs is 6. The average Bonchev–Trinajstić information content (AvgIpc) is 1.68. The van der Waals surface area contributed by atoms with Crippen LogP contribution in [0.1, 0.15) is 119 Å². The van der Waals surface area contributed by atoms with Crippen LogP contribution in [0.4, 0.5) is 57.0 Å². The second-order valence-corrected chi connectivity index (χ2v) is 27.5. The maximum Gasteiger partial charge on any atom is 0.135 e. The minimum atomic E-state index is -2.93. The van der Waals surface area contributed by atoms with Gasteiger partial charge < -0.3 is 19.6 Å². The topological polar surface area (TPSA) is 25.9 Å². The summed E-state index contributed by atoms with van der Waals surface area (Å²) in [6.07, 6.45) is 1.89. The second-order valence-electron chi connectivity index (χ2n) is 27.5. The van der Waals surface area contributed by atoms with E-state index < -0.39 is 67.3 Å². The molecule has 0 radical (unpaired) electrons. The van der Waals surface area contributed by atoms with Gasteiger partial charge in [0.1, 0.15) is 5.82 Å². The van der Waals surface area contributed by atoms with Gasteiger partial charge in [-0.05, 0) is 171 Å². The van der Waals surface area contributed by atoms with Gasteiger partial charge in [0.25, 0.3) is 0 Å². The number of aromatic nitrogens is 1. The molecule has 0 N–H and O–H groups in total. The van der Waals surface area contributed by atoms with Crippen molar-refractivity contribution < 1.29 is 38.9 Å². The van der Waals surface area contributed by atoms with Gasteiger partial charge in [0.2, 0.25) is 0 Å². The first-order valence-electron chi connectivity index (χ1n) is 38.1. The van der Waals surface area contributed by atoms with Crippen LogP contribution in [-0.4, -0.2) is 4.98 Å². The van der Waals surface area contributed by atoms with E-state index in [0.29, 0.717) is 34.3 Å². The predicted octanol–water partition coefficient (Wildman–Crippen LogP) is 24.5. The Kier molecular flexibility index (Phi) is 12.9. The van der Waals surface area contributed by atoms with E-state index in [9.17, 15) is 5.48 Å². The fourth-order valence-electron chi connectivity index (χ4n) is 13.2. The number of nitrogens with zero attached hydrogens (tertiary/aromatic N) is 5. The van der Waals surface area contributed by atoms with Crippen molar-refractivity contribution in [3.8, 4) is 66.8 Å². The third-order valence-electron chi connectivity index (χ3n) is 17.8. The first-order valence-corrected chi connectivity index (χ1v) is 31.6. The van der Waals surface area contributed by atoms with E-state index in [2.05, 4.69) is 208 Å². The van der Waals surface area contributed by atoms with Crippen LogP contribution in [0.2, 0.25) is 0 Å². The van der Waals surface area contributed by atoms with E-state index in [4.69, 9.17) is 17.3 Å². The third kappa shape index (κ3) is 11.9. The van der Waals surface area contributed by atoms with E-state index >= 15 is 0 Å². The summed E-state index contributed by atoms with van der Waals surface area (Å²) in [5, 5.41) is 0. The summed E-state index contributed by atoms with van der Waals surface area (Å²) in [5.74, 6) is 0.700. The van der Waals surface area contributed by atoms with Gasteiger partial charge in [0, 0.05) is 70.8 Å². The van der Waals surface area contributed by atoms with Crippen molar-refractivity contribution in [3.63, 3.8) is 0 Å². The van der Waals surface area contributed by atoms with Crippen LogP contribution < -0.4 is 19.6 Å². The first kappa shape index (κ1) is 49.1. The van der Waals surface area contributed by atoms with E-state index in [1.54, 1.807) is 17.6 Å². The van der Waals surface area contributed by atoms with Gasteiger partial charge >= 0.3 is 0 Å². The van der Waals surface area contributed by atoms with Crippen molar-refractivity contribution >= 4 is 57.0 Å². The zero-order chi connectivity index (χ0) is 75.9. The van der Waals surface area contributed by atoms with E-state index in [1.807, 2.05) is 65.7 Å². The molecule has 0 bridgehead atoms. The molecule has 1 aromatic heterocycles. The number of aryl methyl sites for hydroxylation is 4. The zero-order valence-electron chi connectivity index (χ0n) is 68.0. The maximum absolute atomic E-state index is 9.46. The smallest absolute Gasteiger partial charge is 0.135 e. The van der Waals surface area contributed by atoms with Gasteiger partial charge in [-0.1, -0.05) is 242 Å². The van der Waals surface area contributed by atoms with Crippen molar-refractivity contribution in [1.29, 1.82) is 0 Å². The molecule has 0 amide bonds. The normalized spacial score (nSPS) is 14.9. The number of rotatable bonds is 10. The third-order valence-corrected chi connectivity index (χ3v) is 17.8. The molecule has 0 spiro atoms. The molecule has 5 nitrogen and oxygen atoms in total. The Hall–Kier alpha value is -9.54. The van der Waals surface area contributed by atoms with Gasteiger partial charge in [0.15, 0.2) is 0 Å². The SMILES string of the molecule is [2H]c1c([2H])c([2H])c(-c2cc(C([2H])([2H])[2H])cc(-c3c([2H])c([2H])c([2H])c([2H])c3[2H])c2N2[CH-]N(c3[c-]c(N(c4[c-]c5c(cc4)-c4ccccc4-c4cc(-c6cc(C(C)(C)C)cc(C(C)(C)C)c6)ccc4N5c4cc(C(C)(C)C)ccn4)c4ccccc4)cc(-c4c(C)cc(C)cc4C)c3)c3ccccc32)c([2H])c1[2H].[Pt]. The Morgan fingerprint density at radius 1 is 0.447 bits per heavy atom. The maximum atomic E-state index is 9.46. The van der Waals surface area contributed by atoms with Gasteiger partial charge in [0.05, 0.1) is 19.4 Å². The first-order chi connectivity index (χ1) is 50.0. The van der Waals surface area contributed by atoms with E-state index in [1.165, 1.54) is 23.3 Å². The van der Waals surface area contributed by atoms with E-state index in [-0.39, 0.29) is 70.8 Å². The molecule has 0 saturated carbocycles. The van der Waals surface area contributed by atoms with Crippen LogP contribution in [0.15, 0.2) is 243 Å². The minimum Gasteiger partial charge on any atom is -0.493 e. The largest absolute Gasteiger partial charge is 0.493 e. The van der Waals surface area contributed by atoms with Crippen LogP contribution >= 0.6 is 0 Å². The Bertz CT molecular complexity index is 5390. The van der Waals surface area contributed by atoms with Crippen molar-refractivity contribution in [2.45, 2.75) is 106 Å². The molecule has 470 valence electrons. The molecule has 3 heterocycles. The van der Waals surface area contributed by atoms with Crippen LogP contribution in [0.25, 0.3) is 66.8 Å². The number of hydrogen-bond acceptors (Lipinski definition) is 5. The summed E-state index contributed by atoms with van der Waals surface area (Å²) in [7, 11) is 0. The van der Waals surface area contributed by atoms with Gasteiger partial charge in [-0.25, -0.2) is 4.98 Å². The summed E-state index contributed by atoms with van der Waals surface area (Å²) in [6.45, 7) is 25.2. The molecule has 14 rings (SSSR count). The van der Waals surface area contributed by atoms with Crippen LogP contribution in [-0.2, 0) is 37.3 Å². The minimum absolute atomic E-state index is 0. The zero-order valence-corrected chi connectivity index (χ0v) is 57.2. The number of pyridine rings is 1. The quantitative estimate of drug-likeness (QED) is 0.127. The second kappa shape index (κ2) is 24.7. The van der Waals surface area contributed by atoms with E-state index in [0.717, 1.165) is 83.8 Å². The monoisotopic (exact) mass is 1410 g/mol. The van der Waals surface area contributed by atoms with Crippen LogP contribution in [0.3, 0.4) is 0 Å². The molecule has 2 aliphatic rings. The summed E-state index contributed by atoms with van der Waals surface area (Å²) in [4.78, 5) is 13.2. The molecule has 94 heavy (non-hydrogen) atoms. The molecule has 11 aromatic carbocycles. The molecule has 0 unspecified atom stereocenters. The predicted molar refractivity (Wildman–Crippen MR) is 394 cm³/mol. The molecule has 0 aliphatic carbocycles. The van der Waals surface area contributed by atoms with Crippen LogP contribution in [0.5, 0.6) is 0 Å². The van der Waals surface area contributed by atoms with Gasteiger partial charge in [-0.3, -0.25) is 0 Å². The van der Waals surface area contributed by atoms with Crippen molar-refractivity contribution in [2.75, 3.05) is 19.6 Å². The van der Waals surface area contributed by atoms with Crippen molar-refractivity contribution in [3.05, 3.63) is 300 Å². The fraction of sp³-hybridized carbons (Fsp3) is 0.182. The molecule has 12 aromatic rings. The molecular formula is C88H80N5Pt-3.